The molecule has 13 nitrogen and oxygen atoms in total. The summed E-state index contributed by atoms with van der Waals surface area (Å²) in [7, 11) is 0. The standard InChI is InChI=1S/C6H3N3O7.C6H8O3/c10-6-4(8(13)14)1-3(7(11)12)2-5(6)9(15)16;7-3-1-2-6(4-8)5-9/h1-2,10H;3-6H,1-2H2. The van der Waals surface area contributed by atoms with E-state index in [-0.39, 0.29) is 6.42 Å². The van der Waals surface area contributed by atoms with E-state index in [1.807, 2.05) is 0 Å². The van der Waals surface area contributed by atoms with Gasteiger partial charge in [0.15, 0.2) is 0 Å². The van der Waals surface area contributed by atoms with Gasteiger partial charge >= 0.3 is 11.4 Å². The molecule has 0 aliphatic carbocycles. The second-order valence-electron chi connectivity index (χ2n) is 4.28. The zero-order valence-electron chi connectivity index (χ0n) is 12.3. The van der Waals surface area contributed by atoms with Crippen molar-refractivity contribution in [2.24, 2.45) is 5.92 Å². The van der Waals surface area contributed by atoms with Crippen LogP contribution in [-0.4, -0.2) is 38.7 Å². The van der Waals surface area contributed by atoms with Crippen LogP contribution in [-0.2, 0) is 14.4 Å². The molecular weight excluding hydrogens is 346 g/mol. The van der Waals surface area contributed by atoms with Crippen molar-refractivity contribution in [2.75, 3.05) is 0 Å². The molecule has 134 valence electrons. The summed E-state index contributed by atoms with van der Waals surface area (Å²) >= 11 is 0. The Morgan fingerprint density at radius 1 is 0.920 bits per heavy atom. The van der Waals surface area contributed by atoms with Gasteiger partial charge in [-0.25, -0.2) is 0 Å². The second-order valence-corrected chi connectivity index (χ2v) is 4.28. The van der Waals surface area contributed by atoms with Crippen LogP contribution in [0.4, 0.5) is 17.1 Å². The van der Waals surface area contributed by atoms with Gasteiger partial charge < -0.3 is 19.5 Å². The van der Waals surface area contributed by atoms with Gasteiger partial charge in [-0.2, -0.15) is 0 Å². The van der Waals surface area contributed by atoms with E-state index < -0.39 is 43.5 Å². The van der Waals surface area contributed by atoms with E-state index in [1.165, 1.54) is 0 Å². The average molecular weight is 357 g/mol. The molecule has 13 heteroatoms. The topological polar surface area (TPSA) is 201 Å². The lowest BCUT2D eigenvalue weighted by molar-refractivity contribution is -0.404. The van der Waals surface area contributed by atoms with E-state index in [0.717, 1.165) is 0 Å². The van der Waals surface area contributed by atoms with E-state index in [9.17, 15) is 44.7 Å². The zero-order chi connectivity index (χ0) is 19.6. The first kappa shape index (κ1) is 21.2. The minimum Gasteiger partial charge on any atom is -0.497 e. The summed E-state index contributed by atoms with van der Waals surface area (Å²) in [4.78, 5) is 57.3. The van der Waals surface area contributed by atoms with E-state index in [2.05, 4.69) is 0 Å². The largest absolute Gasteiger partial charge is 0.497 e. The van der Waals surface area contributed by atoms with Gasteiger partial charge in [-0.3, -0.25) is 30.3 Å². The molecule has 0 fully saturated rings. The summed E-state index contributed by atoms with van der Waals surface area (Å²) in [6.07, 6.45) is 2.42. The fraction of sp³-hybridized carbons (Fsp3) is 0.250. The summed E-state index contributed by atoms with van der Waals surface area (Å²) < 4.78 is 0. The molecule has 0 aliphatic heterocycles. The fourth-order valence-electron chi connectivity index (χ4n) is 1.40. The predicted octanol–water partition coefficient (Wildman–Crippen LogP) is 1.10. The van der Waals surface area contributed by atoms with E-state index in [0.29, 0.717) is 37.4 Å². The van der Waals surface area contributed by atoms with Crippen molar-refractivity contribution < 1.29 is 34.3 Å². The number of carbonyl (C=O) groups is 3. The molecule has 0 spiro atoms. The van der Waals surface area contributed by atoms with Gasteiger partial charge in [0.1, 0.15) is 18.9 Å². The molecule has 0 heterocycles. The summed E-state index contributed by atoms with van der Waals surface area (Å²) in [6.45, 7) is 0. The first-order chi connectivity index (χ1) is 11.7. The van der Waals surface area contributed by atoms with Crippen molar-refractivity contribution in [3.05, 3.63) is 42.5 Å². The number of rotatable bonds is 8. The molecule has 1 rings (SSSR count). The smallest absolute Gasteiger partial charge is 0.324 e. The fourth-order valence-corrected chi connectivity index (χ4v) is 1.40. The first-order valence-corrected chi connectivity index (χ1v) is 6.33. The van der Waals surface area contributed by atoms with Gasteiger partial charge in [-0.1, -0.05) is 0 Å². The molecule has 1 N–H and O–H groups in total. The normalized spacial score (nSPS) is 9.48. The van der Waals surface area contributed by atoms with Crippen LogP contribution >= 0.6 is 0 Å². The van der Waals surface area contributed by atoms with Crippen molar-refractivity contribution in [3.63, 3.8) is 0 Å². The van der Waals surface area contributed by atoms with Crippen molar-refractivity contribution in [1.82, 2.24) is 0 Å². The lowest BCUT2D eigenvalue weighted by Crippen LogP contribution is -2.02. The summed E-state index contributed by atoms with van der Waals surface area (Å²) in [5, 5.41) is 40.2. The Hall–Kier alpha value is -3.77. The first-order valence-electron chi connectivity index (χ1n) is 6.33. The maximum absolute atomic E-state index is 10.4. The van der Waals surface area contributed by atoms with Crippen LogP contribution in [0.1, 0.15) is 12.8 Å². The third-order valence-corrected chi connectivity index (χ3v) is 2.63. The summed E-state index contributed by atoms with van der Waals surface area (Å²) in [5.74, 6) is -1.80. The highest BCUT2D eigenvalue weighted by Gasteiger charge is 2.30. The van der Waals surface area contributed by atoms with Crippen molar-refractivity contribution in [1.29, 1.82) is 0 Å². The van der Waals surface area contributed by atoms with Gasteiger partial charge in [-0.05, 0) is 6.42 Å². The molecular formula is C12H11N3O10. The molecule has 1 aromatic carbocycles. The minimum absolute atomic E-state index is 0.280. The van der Waals surface area contributed by atoms with Crippen LogP contribution in [0.3, 0.4) is 0 Å². The highest BCUT2D eigenvalue weighted by atomic mass is 16.6. The Bertz CT molecular complexity index is 659. The number of carbonyl (C=O) groups excluding carboxylic acids is 3. The summed E-state index contributed by atoms with van der Waals surface area (Å²) in [5.41, 5.74) is -3.00. The lowest BCUT2D eigenvalue weighted by Gasteiger charge is -1.97. The Balaban J connectivity index is 0.000000547. The number of hydrogen-bond acceptors (Lipinski definition) is 10. The molecule has 0 saturated heterocycles. The predicted molar refractivity (Wildman–Crippen MR) is 79.0 cm³/mol. The SMILES string of the molecule is O=CCCC(C=O)C=O.O=[N+]([O-])c1cc([N+](=O)[O-])c(O)c([N+](=O)[O-])c1. The number of aldehydes is 3. The van der Waals surface area contributed by atoms with Crippen LogP contribution in [0.15, 0.2) is 12.1 Å². The van der Waals surface area contributed by atoms with E-state index >= 15 is 0 Å². The van der Waals surface area contributed by atoms with Gasteiger partial charge in [0.25, 0.3) is 11.4 Å². The highest BCUT2D eigenvalue weighted by molar-refractivity contribution is 5.77. The number of nitrogens with zero attached hydrogens (tertiary/aromatic N) is 3. The molecule has 25 heavy (non-hydrogen) atoms. The molecule has 1 aromatic rings. The molecule has 0 saturated carbocycles. The third kappa shape index (κ3) is 6.47. The number of hydrogen-bond donors (Lipinski definition) is 1. The maximum Gasteiger partial charge on any atom is 0.324 e. The van der Waals surface area contributed by atoms with Crippen LogP contribution in [0.2, 0.25) is 0 Å². The number of phenols is 1. The molecule has 0 aromatic heterocycles. The molecule has 0 amide bonds. The van der Waals surface area contributed by atoms with Crippen molar-refractivity contribution in [3.8, 4) is 5.75 Å². The molecule has 0 unspecified atom stereocenters. The minimum atomic E-state index is -1.21. The van der Waals surface area contributed by atoms with Crippen molar-refractivity contribution in [2.45, 2.75) is 12.8 Å². The Kier molecular flexibility index (Phi) is 8.57. The van der Waals surface area contributed by atoms with Crippen LogP contribution in [0.5, 0.6) is 5.75 Å². The van der Waals surface area contributed by atoms with E-state index in [4.69, 9.17) is 5.11 Å². The number of nitro groups is 3. The average Bonchev–Trinajstić information content (AvgIpc) is 2.55. The zero-order valence-corrected chi connectivity index (χ0v) is 12.3. The number of phenolic OH excluding ortho intramolecular Hbond substituents is 1. The monoisotopic (exact) mass is 357 g/mol. The number of nitro benzene ring substituents is 3. The molecule has 0 bridgehead atoms. The quantitative estimate of drug-likeness (QED) is 0.303. The van der Waals surface area contributed by atoms with E-state index in [1.54, 1.807) is 0 Å². The maximum atomic E-state index is 10.4. The third-order valence-electron chi connectivity index (χ3n) is 2.63. The molecule has 0 atom stereocenters. The van der Waals surface area contributed by atoms with Gasteiger partial charge in [0.05, 0.1) is 32.8 Å². The number of aromatic hydroxyl groups is 1. The number of benzene rings is 1. The Morgan fingerprint density at radius 3 is 1.64 bits per heavy atom. The molecule has 0 radical (unpaired) electrons. The number of non-ortho nitro benzene ring substituents is 1. The van der Waals surface area contributed by atoms with Gasteiger partial charge in [0, 0.05) is 6.42 Å². The van der Waals surface area contributed by atoms with Crippen LogP contribution in [0.25, 0.3) is 0 Å². The van der Waals surface area contributed by atoms with Gasteiger partial charge in [-0.15, -0.1) is 0 Å². The molecule has 0 aliphatic rings. The summed E-state index contributed by atoms with van der Waals surface area (Å²) in [6, 6.07) is 0.894. The second kappa shape index (κ2) is 10.1. The van der Waals surface area contributed by atoms with Gasteiger partial charge in [0.2, 0.25) is 0 Å². The Labute approximate surface area is 138 Å². The Morgan fingerprint density at radius 2 is 1.36 bits per heavy atom. The highest BCUT2D eigenvalue weighted by Crippen LogP contribution is 2.38. The van der Waals surface area contributed by atoms with Crippen LogP contribution < -0.4 is 0 Å². The van der Waals surface area contributed by atoms with Crippen LogP contribution in [0, 0.1) is 36.3 Å². The lowest BCUT2D eigenvalue weighted by atomic mass is 10.1. The van der Waals surface area contributed by atoms with Crippen molar-refractivity contribution >= 4 is 35.9 Å².